The number of aromatic nitrogens is 3. The molecule has 0 aliphatic heterocycles. The molecule has 1 aromatic heterocycles. The molecule has 0 saturated heterocycles. The number of carboxylic acids is 1. The van der Waals surface area contributed by atoms with Gasteiger partial charge >= 0.3 is 5.97 Å². The van der Waals surface area contributed by atoms with Crippen molar-refractivity contribution >= 4 is 23.7 Å². The van der Waals surface area contributed by atoms with Crippen molar-refractivity contribution in [3.8, 4) is 0 Å². The molecule has 94 valence electrons. The molecule has 0 fully saturated rings. The van der Waals surface area contributed by atoms with Crippen LogP contribution in [0.1, 0.15) is 10.8 Å². The molecule has 1 aromatic carbocycles. The number of nitrogens with zero attached hydrogens (tertiary/aromatic N) is 3. The van der Waals surface area contributed by atoms with Crippen molar-refractivity contribution in [3.05, 3.63) is 35.9 Å². The van der Waals surface area contributed by atoms with Crippen LogP contribution in [0.15, 0.2) is 35.5 Å². The van der Waals surface area contributed by atoms with Gasteiger partial charge in [-0.05, 0) is 5.56 Å². The topological polar surface area (TPSA) is 94.0 Å². The second kappa shape index (κ2) is 5.09. The Hall–Kier alpha value is -2.02. The van der Waals surface area contributed by atoms with Crippen molar-refractivity contribution in [3.63, 3.8) is 0 Å². The Bertz CT molecular complexity index is 555. The van der Waals surface area contributed by atoms with E-state index in [2.05, 4.69) is 10.2 Å². The Labute approximate surface area is 108 Å². The summed E-state index contributed by atoms with van der Waals surface area (Å²) in [5, 5.41) is 16.6. The van der Waals surface area contributed by atoms with Gasteiger partial charge in [-0.1, -0.05) is 42.1 Å². The summed E-state index contributed by atoms with van der Waals surface area (Å²) in [6.07, 6.45) is 0. The Morgan fingerprint density at radius 3 is 2.56 bits per heavy atom. The number of carbonyl (C=O) groups is 1. The van der Waals surface area contributed by atoms with E-state index in [1.54, 1.807) is 35.9 Å². The van der Waals surface area contributed by atoms with Crippen molar-refractivity contribution < 1.29 is 9.90 Å². The smallest absolute Gasteiger partial charge is 0.321 e. The average Bonchev–Trinajstić information content (AvgIpc) is 2.68. The van der Waals surface area contributed by atoms with E-state index in [0.717, 1.165) is 11.8 Å². The molecule has 7 heteroatoms. The highest BCUT2D eigenvalue weighted by atomic mass is 32.2. The van der Waals surface area contributed by atoms with Gasteiger partial charge in [0.15, 0.2) is 5.16 Å². The SMILES string of the molecule is Cn1c(N)nnc1SC(C(=O)O)c1ccccc1. The summed E-state index contributed by atoms with van der Waals surface area (Å²) >= 11 is 1.11. The lowest BCUT2D eigenvalue weighted by molar-refractivity contribution is -0.136. The van der Waals surface area contributed by atoms with Crippen LogP contribution in [-0.2, 0) is 11.8 Å². The van der Waals surface area contributed by atoms with Crippen LogP contribution in [0.4, 0.5) is 5.95 Å². The Balaban J connectivity index is 2.28. The first-order valence-electron chi connectivity index (χ1n) is 5.19. The van der Waals surface area contributed by atoms with Crippen molar-refractivity contribution in [2.45, 2.75) is 10.4 Å². The van der Waals surface area contributed by atoms with E-state index < -0.39 is 11.2 Å². The summed E-state index contributed by atoms with van der Waals surface area (Å²) in [6.45, 7) is 0. The van der Waals surface area contributed by atoms with Gasteiger partial charge < -0.3 is 10.8 Å². The van der Waals surface area contributed by atoms with Crippen molar-refractivity contribution in [2.75, 3.05) is 5.73 Å². The van der Waals surface area contributed by atoms with Crippen LogP contribution in [0.2, 0.25) is 0 Å². The number of nitrogens with two attached hydrogens (primary N) is 1. The Kier molecular flexibility index (Phi) is 3.52. The number of hydrogen-bond acceptors (Lipinski definition) is 5. The zero-order chi connectivity index (χ0) is 13.1. The van der Waals surface area contributed by atoms with Gasteiger partial charge in [0.25, 0.3) is 0 Å². The van der Waals surface area contributed by atoms with E-state index in [1.165, 1.54) is 0 Å². The molecule has 2 rings (SSSR count). The largest absolute Gasteiger partial charge is 0.480 e. The van der Waals surface area contributed by atoms with Gasteiger partial charge in [-0.2, -0.15) is 0 Å². The van der Waals surface area contributed by atoms with Gasteiger partial charge in [0.1, 0.15) is 5.25 Å². The van der Waals surface area contributed by atoms with Gasteiger partial charge in [0.2, 0.25) is 5.95 Å². The first-order chi connectivity index (χ1) is 8.59. The van der Waals surface area contributed by atoms with Gasteiger partial charge in [-0.25, -0.2) is 0 Å². The first-order valence-corrected chi connectivity index (χ1v) is 6.07. The normalized spacial score (nSPS) is 12.3. The van der Waals surface area contributed by atoms with E-state index in [9.17, 15) is 9.90 Å². The molecule has 0 aliphatic rings. The Morgan fingerprint density at radius 2 is 2.06 bits per heavy atom. The monoisotopic (exact) mass is 264 g/mol. The first kappa shape index (κ1) is 12.4. The molecule has 0 amide bonds. The minimum Gasteiger partial charge on any atom is -0.480 e. The molecule has 18 heavy (non-hydrogen) atoms. The highest BCUT2D eigenvalue weighted by Crippen LogP contribution is 2.34. The zero-order valence-electron chi connectivity index (χ0n) is 9.65. The summed E-state index contributed by atoms with van der Waals surface area (Å²) in [5.41, 5.74) is 6.26. The van der Waals surface area contributed by atoms with Gasteiger partial charge in [0, 0.05) is 7.05 Å². The standard InChI is InChI=1S/C11H12N4O2S/c1-15-10(12)13-14-11(15)18-8(9(16)17)7-5-3-2-4-6-7/h2-6,8H,1H3,(H2,12,13)(H,16,17). The molecule has 3 N–H and O–H groups in total. The quantitative estimate of drug-likeness (QED) is 0.809. The number of thioether (sulfide) groups is 1. The summed E-state index contributed by atoms with van der Waals surface area (Å²) < 4.78 is 1.56. The lowest BCUT2D eigenvalue weighted by Crippen LogP contribution is -2.09. The summed E-state index contributed by atoms with van der Waals surface area (Å²) in [6, 6.07) is 8.98. The predicted molar refractivity (Wildman–Crippen MR) is 68.1 cm³/mol. The molecule has 0 bridgehead atoms. The number of hydrogen-bond donors (Lipinski definition) is 2. The molecule has 0 aliphatic carbocycles. The molecule has 0 radical (unpaired) electrons. The minimum atomic E-state index is -0.923. The van der Waals surface area contributed by atoms with Gasteiger partial charge in [-0.3, -0.25) is 9.36 Å². The minimum absolute atomic E-state index is 0.259. The number of nitrogen functional groups attached to an aromatic ring is 1. The van der Waals surface area contributed by atoms with E-state index >= 15 is 0 Å². The molecule has 1 atom stereocenters. The highest BCUT2D eigenvalue weighted by molar-refractivity contribution is 8.00. The molecule has 0 saturated carbocycles. The third-order valence-corrected chi connectivity index (χ3v) is 3.69. The fourth-order valence-electron chi connectivity index (χ4n) is 1.42. The number of benzene rings is 1. The van der Waals surface area contributed by atoms with Crippen LogP contribution in [0.3, 0.4) is 0 Å². The lowest BCUT2D eigenvalue weighted by atomic mass is 10.1. The van der Waals surface area contributed by atoms with E-state index in [0.29, 0.717) is 10.7 Å². The molecular weight excluding hydrogens is 252 g/mol. The second-order valence-electron chi connectivity index (χ2n) is 3.65. The third kappa shape index (κ3) is 2.45. The van der Waals surface area contributed by atoms with Crippen LogP contribution in [0.5, 0.6) is 0 Å². The summed E-state index contributed by atoms with van der Waals surface area (Å²) in [7, 11) is 1.70. The van der Waals surface area contributed by atoms with Gasteiger partial charge in [0.05, 0.1) is 0 Å². The average molecular weight is 264 g/mol. The predicted octanol–water partition coefficient (Wildman–Crippen LogP) is 1.32. The molecule has 2 aromatic rings. The second-order valence-corrected chi connectivity index (χ2v) is 4.72. The Morgan fingerprint density at radius 1 is 1.39 bits per heavy atom. The number of carboxylic acid groups (broad SMARTS) is 1. The molecule has 0 spiro atoms. The highest BCUT2D eigenvalue weighted by Gasteiger charge is 2.23. The molecule has 1 heterocycles. The molecular formula is C11H12N4O2S. The van der Waals surface area contributed by atoms with Crippen molar-refractivity contribution in [2.24, 2.45) is 7.05 Å². The van der Waals surface area contributed by atoms with Crippen LogP contribution in [-0.4, -0.2) is 25.8 Å². The zero-order valence-corrected chi connectivity index (χ0v) is 10.5. The van der Waals surface area contributed by atoms with Crippen LogP contribution >= 0.6 is 11.8 Å². The number of rotatable bonds is 4. The number of anilines is 1. The summed E-state index contributed by atoms with van der Waals surface area (Å²) in [4.78, 5) is 11.3. The fourth-order valence-corrected chi connectivity index (χ4v) is 2.37. The third-order valence-electron chi connectivity index (χ3n) is 2.42. The molecule has 6 nitrogen and oxygen atoms in total. The van der Waals surface area contributed by atoms with E-state index in [4.69, 9.17) is 5.73 Å². The number of aliphatic carboxylic acids is 1. The van der Waals surface area contributed by atoms with Crippen molar-refractivity contribution in [1.29, 1.82) is 0 Å². The maximum atomic E-state index is 11.3. The molecule has 1 unspecified atom stereocenters. The van der Waals surface area contributed by atoms with Crippen LogP contribution in [0.25, 0.3) is 0 Å². The van der Waals surface area contributed by atoms with Gasteiger partial charge in [-0.15, -0.1) is 10.2 Å². The lowest BCUT2D eigenvalue weighted by Gasteiger charge is -2.11. The van der Waals surface area contributed by atoms with Crippen LogP contribution in [0, 0.1) is 0 Å². The van der Waals surface area contributed by atoms with E-state index in [-0.39, 0.29) is 5.95 Å². The summed E-state index contributed by atoms with van der Waals surface area (Å²) in [5.74, 6) is -0.664. The fraction of sp³-hybridized carbons (Fsp3) is 0.182. The maximum absolute atomic E-state index is 11.3. The maximum Gasteiger partial charge on any atom is 0.321 e. The van der Waals surface area contributed by atoms with Crippen LogP contribution < -0.4 is 5.73 Å². The van der Waals surface area contributed by atoms with Crippen molar-refractivity contribution in [1.82, 2.24) is 14.8 Å². The van der Waals surface area contributed by atoms with E-state index in [1.807, 2.05) is 6.07 Å².